The van der Waals surface area contributed by atoms with E-state index < -0.39 is 0 Å². The van der Waals surface area contributed by atoms with E-state index in [2.05, 4.69) is 31.7 Å². The number of hydrogen-bond donors (Lipinski definition) is 4. The monoisotopic (exact) mass is 523 g/mol. The van der Waals surface area contributed by atoms with Gasteiger partial charge in [0, 0.05) is 34.6 Å². The van der Waals surface area contributed by atoms with Crippen LogP contribution >= 0.6 is 0 Å². The summed E-state index contributed by atoms with van der Waals surface area (Å²) in [5.74, 6) is -0.113. The fourth-order valence-corrected chi connectivity index (χ4v) is 1.90. The van der Waals surface area contributed by atoms with Crippen LogP contribution in [0.25, 0.3) is 0 Å². The molecule has 0 spiro atoms. The minimum atomic E-state index is -0.316. The van der Waals surface area contributed by atoms with Gasteiger partial charge in [-0.25, -0.2) is 0 Å². The summed E-state index contributed by atoms with van der Waals surface area (Å²) in [6, 6.07) is 5.72. The van der Waals surface area contributed by atoms with Crippen molar-refractivity contribution in [1.29, 1.82) is 0 Å². The number of oxime groups is 4. The SMILES string of the molecule is CC(=N\O)/C(C)=N/O.CC(=N\O)/C(C)=N/O.COC(=O)C1(C)C[C-]=CCC1.[Co].c1ccncc1. The Morgan fingerprint density at radius 2 is 1.29 bits per heavy atom. The molecule has 0 aliphatic heterocycles. The number of esters is 1. The van der Waals surface area contributed by atoms with Gasteiger partial charge in [0.15, 0.2) is 0 Å². The van der Waals surface area contributed by atoms with Gasteiger partial charge in [0.25, 0.3) is 0 Å². The molecule has 0 fully saturated rings. The number of ether oxygens (including phenoxy) is 1. The van der Waals surface area contributed by atoms with Crippen molar-refractivity contribution < 1.29 is 47.1 Å². The van der Waals surface area contributed by atoms with Gasteiger partial charge < -0.3 is 31.6 Å². The van der Waals surface area contributed by atoms with Crippen molar-refractivity contribution in [2.24, 2.45) is 26.0 Å². The standard InChI is InChI=1S/C9H13O2.C5H5N.2C4H8N2O2.Co/c1-9(8(10)11-2)6-4-3-5-7-9;1-2-4-6-5-3-1;2*1-3(5-7)4(2)6-8;/h3H,4,6-7H2,1-2H3;1-5H;2*7-8H,1-2H3;/q-1;;;;/b;;2*5-3+,6-4+;. The molecule has 11 nitrogen and oxygen atoms in total. The Morgan fingerprint density at radius 1 is 0.882 bits per heavy atom. The van der Waals surface area contributed by atoms with E-state index in [1.54, 1.807) is 12.4 Å². The molecule has 0 bridgehead atoms. The van der Waals surface area contributed by atoms with Crippen molar-refractivity contribution in [3.63, 3.8) is 0 Å². The third-order valence-corrected chi connectivity index (χ3v) is 4.37. The fourth-order valence-electron chi connectivity index (χ4n) is 1.90. The van der Waals surface area contributed by atoms with Crippen LogP contribution in [0, 0.1) is 11.5 Å². The predicted molar refractivity (Wildman–Crippen MR) is 126 cm³/mol. The van der Waals surface area contributed by atoms with Gasteiger partial charge in [-0.05, 0) is 46.2 Å². The van der Waals surface area contributed by atoms with Crippen molar-refractivity contribution >= 4 is 28.8 Å². The van der Waals surface area contributed by atoms with Gasteiger partial charge in [-0.15, -0.1) is 0 Å². The van der Waals surface area contributed by atoms with Crippen molar-refractivity contribution in [1.82, 2.24) is 4.98 Å². The van der Waals surface area contributed by atoms with Crippen LogP contribution in [0.2, 0.25) is 0 Å². The second-order valence-electron chi connectivity index (χ2n) is 6.94. The number of nitrogens with zero attached hydrogens (tertiary/aromatic N) is 5. The molecule has 1 atom stereocenters. The number of carbonyl (C=O) groups is 1. The van der Waals surface area contributed by atoms with Crippen LogP contribution in [0.15, 0.2) is 57.3 Å². The molecule has 0 saturated carbocycles. The first kappa shape index (κ1) is 35.3. The summed E-state index contributed by atoms with van der Waals surface area (Å²) in [5.41, 5.74) is 0.934. The van der Waals surface area contributed by atoms with Gasteiger partial charge in [-0.2, -0.15) is 6.42 Å². The van der Waals surface area contributed by atoms with Crippen LogP contribution < -0.4 is 0 Å². The Hall–Kier alpha value is -3.25. The molecular weight excluding hydrogens is 489 g/mol. The van der Waals surface area contributed by atoms with Gasteiger partial charge >= 0.3 is 5.97 Å². The average molecular weight is 523 g/mol. The number of rotatable bonds is 3. The molecule has 2 rings (SSSR count). The number of methoxy groups -OCH3 is 1. The molecule has 12 heteroatoms. The Balaban J connectivity index is -0.000000382. The second-order valence-corrected chi connectivity index (χ2v) is 6.94. The van der Waals surface area contributed by atoms with Gasteiger partial charge in [0.05, 0.1) is 7.11 Å². The summed E-state index contributed by atoms with van der Waals surface area (Å²) in [6.07, 6.45) is 11.1. The van der Waals surface area contributed by atoms with E-state index in [0.717, 1.165) is 12.8 Å². The zero-order valence-electron chi connectivity index (χ0n) is 20.3. The molecule has 0 amide bonds. The number of aromatic nitrogens is 1. The Bertz CT molecular complexity index is 738. The third kappa shape index (κ3) is 16.4. The molecule has 0 aromatic carbocycles. The van der Waals surface area contributed by atoms with Crippen molar-refractivity contribution in [2.75, 3.05) is 7.11 Å². The van der Waals surface area contributed by atoms with E-state index in [4.69, 9.17) is 25.6 Å². The number of pyridine rings is 1. The van der Waals surface area contributed by atoms with Gasteiger partial charge in [0.2, 0.25) is 0 Å². The topological polar surface area (TPSA) is 170 Å². The van der Waals surface area contributed by atoms with Crippen molar-refractivity contribution in [3.8, 4) is 0 Å². The van der Waals surface area contributed by atoms with Crippen molar-refractivity contribution in [2.45, 2.75) is 53.9 Å². The molecule has 0 saturated heterocycles. The molecule has 1 aromatic rings. The first-order valence-corrected chi connectivity index (χ1v) is 9.87. The molecule has 4 N–H and O–H groups in total. The largest absolute Gasteiger partial charge is 0.500 e. The summed E-state index contributed by atoms with van der Waals surface area (Å²) < 4.78 is 4.70. The summed E-state index contributed by atoms with van der Waals surface area (Å²) in [7, 11) is 1.44. The van der Waals surface area contributed by atoms with E-state index in [1.165, 1.54) is 34.8 Å². The fraction of sp³-hybridized carbons (Fsp3) is 0.455. The molecule has 1 unspecified atom stereocenters. The molecular formula is C22H34CoN5O6-. The molecule has 1 aliphatic rings. The summed E-state index contributed by atoms with van der Waals surface area (Å²) in [5, 5.41) is 43.3. The quantitative estimate of drug-likeness (QED) is 0.152. The molecule has 1 heterocycles. The second kappa shape index (κ2) is 21.6. The van der Waals surface area contributed by atoms with Crippen LogP contribution in [-0.4, -0.2) is 61.7 Å². The van der Waals surface area contributed by atoms with Crippen LogP contribution in [0.5, 0.6) is 0 Å². The number of allylic oxidation sites excluding steroid dienone is 2. The zero-order chi connectivity index (χ0) is 25.7. The van der Waals surface area contributed by atoms with Gasteiger partial charge in [-0.1, -0.05) is 40.0 Å². The predicted octanol–water partition coefficient (Wildman–Crippen LogP) is 4.16. The smallest absolute Gasteiger partial charge is 0.309 e. The summed E-state index contributed by atoms with van der Waals surface area (Å²) in [6.45, 7) is 8.08. The number of hydrogen-bond acceptors (Lipinski definition) is 11. The maximum Gasteiger partial charge on any atom is 0.309 e. The van der Waals surface area contributed by atoms with E-state index in [1.807, 2.05) is 31.2 Å². The van der Waals surface area contributed by atoms with Crippen LogP contribution in [-0.2, 0) is 26.3 Å². The average Bonchev–Trinajstić information content (AvgIpc) is 2.88. The van der Waals surface area contributed by atoms with E-state index in [0.29, 0.717) is 29.3 Å². The third-order valence-electron chi connectivity index (χ3n) is 4.37. The molecule has 193 valence electrons. The van der Waals surface area contributed by atoms with E-state index in [-0.39, 0.29) is 28.2 Å². The minimum Gasteiger partial charge on any atom is -0.500 e. The molecule has 1 aromatic heterocycles. The first-order valence-electron chi connectivity index (χ1n) is 9.87. The van der Waals surface area contributed by atoms with Crippen LogP contribution in [0.1, 0.15) is 53.9 Å². The van der Waals surface area contributed by atoms with Crippen molar-refractivity contribution in [3.05, 3.63) is 42.7 Å². The van der Waals surface area contributed by atoms with Gasteiger partial charge in [0.1, 0.15) is 22.8 Å². The van der Waals surface area contributed by atoms with E-state index >= 15 is 0 Å². The van der Waals surface area contributed by atoms with Crippen LogP contribution in [0.3, 0.4) is 0 Å². The number of carbonyl (C=O) groups excluding carboxylic acids is 1. The Morgan fingerprint density at radius 3 is 1.50 bits per heavy atom. The van der Waals surface area contributed by atoms with Gasteiger partial charge in [-0.3, -0.25) is 15.9 Å². The molecule has 1 radical (unpaired) electrons. The van der Waals surface area contributed by atoms with Crippen LogP contribution in [0.4, 0.5) is 0 Å². The maximum atomic E-state index is 11.2. The summed E-state index contributed by atoms with van der Waals surface area (Å²) >= 11 is 0. The Labute approximate surface area is 210 Å². The van der Waals surface area contributed by atoms with E-state index in [9.17, 15) is 4.79 Å². The Kier molecular flexibility index (Phi) is 22.4. The molecule has 34 heavy (non-hydrogen) atoms. The normalized spacial score (nSPS) is 17.8. The summed E-state index contributed by atoms with van der Waals surface area (Å²) in [4.78, 5) is 15.0. The zero-order valence-corrected chi connectivity index (χ0v) is 21.3. The maximum absolute atomic E-state index is 11.2. The minimum absolute atomic E-state index is 0. The first-order chi connectivity index (χ1) is 15.6. The molecule has 1 aliphatic carbocycles.